The van der Waals surface area contributed by atoms with Gasteiger partial charge in [-0.15, -0.1) is 0 Å². The Kier molecular flexibility index (Phi) is 5.89. The van der Waals surface area contributed by atoms with Gasteiger partial charge >= 0.3 is 5.97 Å². The lowest BCUT2D eigenvalue weighted by Gasteiger charge is -2.19. The van der Waals surface area contributed by atoms with Crippen molar-refractivity contribution in [2.24, 2.45) is 4.99 Å². The predicted octanol–water partition coefficient (Wildman–Crippen LogP) is 3.96. The largest absolute Gasteiger partial charge is 0.478 e. The van der Waals surface area contributed by atoms with Crippen LogP contribution >= 0.6 is 11.8 Å². The molecule has 146 valence electrons. The predicted molar refractivity (Wildman–Crippen MR) is 112 cm³/mol. The van der Waals surface area contributed by atoms with Gasteiger partial charge in [0, 0.05) is 13.1 Å². The highest BCUT2D eigenvalue weighted by Crippen LogP contribution is 2.32. The van der Waals surface area contributed by atoms with Gasteiger partial charge in [0.05, 0.1) is 26.6 Å². The van der Waals surface area contributed by atoms with Gasteiger partial charge in [0.15, 0.2) is 5.17 Å². The van der Waals surface area contributed by atoms with E-state index < -0.39 is 16.8 Å². The van der Waals surface area contributed by atoms with E-state index >= 15 is 0 Å². The Morgan fingerprint density at radius 1 is 1.21 bits per heavy atom. The minimum atomic E-state index is -1.08. The number of carboxylic acid groups (broad SMARTS) is 1. The van der Waals surface area contributed by atoms with Crippen molar-refractivity contribution in [3.8, 4) is 0 Å². The first-order valence-electron chi connectivity index (χ1n) is 8.37. The molecule has 0 saturated heterocycles. The van der Waals surface area contributed by atoms with Crippen LogP contribution in [0.1, 0.15) is 15.9 Å². The normalized spacial score (nSPS) is 15.0. The number of allylic oxidation sites excluding steroid dienone is 2. The van der Waals surface area contributed by atoms with E-state index in [0.29, 0.717) is 21.3 Å². The number of hydrogen-bond donors (Lipinski definition) is 1. The van der Waals surface area contributed by atoms with E-state index in [2.05, 4.69) is 4.99 Å². The maximum atomic E-state index is 12.2. The van der Waals surface area contributed by atoms with Gasteiger partial charge in [-0.05, 0) is 42.1 Å². The Hall–Kier alpha value is -3.72. The third-order valence-electron chi connectivity index (χ3n) is 4.05. The highest BCUT2D eigenvalue weighted by atomic mass is 32.2. The van der Waals surface area contributed by atoms with Crippen molar-refractivity contribution in [3.63, 3.8) is 0 Å². The number of nitro benzene ring substituents is 1. The molecule has 0 aliphatic carbocycles. The van der Waals surface area contributed by atoms with Gasteiger partial charge in [-0.25, -0.2) is 4.79 Å². The van der Waals surface area contributed by atoms with Crippen molar-refractivity contribution in [2.75, 3.05) is 11.9 Å². The fourth-order valence-electron chi connectivity index (χ4n) is 2.64. The van der Waals surface area contributed by atoms with Crippen molar-refractivity contribution in [3.05, 3.63) is 86.8 Å². The molecule has 0 aromatic heterocycles. The molecule has 1 amide bonds. The molecule has 0 fully saturated rings. The zero-order valence-electron chi connectivity index (χ0n) is 15.2. The lowest BCUT2D eigenvalue weighted by atomic mass is 10.1. The fraction of sp³-hybridized carbons (Fsp3) is 0.0500. The molecule has 0 unspecified atom stereocenters. The minimum Gasteiger partial charge on any atom is -0.478 e. The molecule has 1 aliphatic rings. The number of rotatable bonds is 5. The van der Waals surface area contributed by atoms with Gasteiger partial charge < -0.3 is 10.0 Å². The number of carbonyl (C=O) groups is 2. The van der Waals surface area contributed by atoms with Crippen molar-refractivity contribution >= 4 is 46.3 Å². The smallest absolute Gasteiger partial charge is 0.337 e. The SMILES string of the molecule is CN(C1=NC(=O)/C(=C/C=C/c2ccccc2[N+](=O)[O-])S1)c1ccccc1C(=O)O. The minimum absolute atomic E-state index is 0.0329. The van der Waals surface area contributed by atoms with E-state index in [-0.39, 0.29) is 11.3 Å². The molecular formula is C20H15N3O5S. The molecule has 0 saturated carbocycles. The maximum absolute atomic E-state index is 12.2. The van der Waals surface area contributed by atoms with Gasteiger partial charge in [-0.2, -0.15) is 4.99 Å². The number of carbonyl (C=O) groups excluding carboxylic acids is 1. The first-order chi connectivity index (χ1) is 13.9. The second kappa shape index (κ2) is 8.53. The Morgan fingerprint density at radius 3 is 2.62 bits per heavy atom. The quantitative estimate of drug-likeness (QED) is 0.452. The van der Waals surface area contributed by atoms with Gasteiger partial charge in [0.1, 0.15) is 0 Å². The molecule has 0 atom stereocenters. The summed E-state index contributed by atoms with van der Waals surface area (Å²) in [5.74, 6) is -1.54. The first kappa shape index (κ1) is 20.0. The number of carboxylic acids is 1. The van der Waals surface area contributed by atoms with Crippen molar-refractivity contribution in [2.45, 2.75) is 0 Å². The van der Waals surface area contributed by atoms with Crippen molar-refractivity contribution in [1.82, 2.24) is 0 Å². The number of anilines is 1. The van der Waals surface area contributed by atoms with Crippen LogP contribution in [-0.4, -0.2) is 34.1 Å². The van der Waals surface area contributed by atoms with E-state index in [0.717, 1.165) is 11.8 Å². The van der Waals surface area contributed by atoms with Crippen molar-refractivity contribution < 1.29 is 19.6 Å². The average molecular weight is 409 g/mol. The van der Waals surface area contributed by atoms with Crippen LogP contribution in [0.15, 0.2) is 70.6 Å². The second-order valence-electron chi connectivity index (χ2n) is 5.89. The van der Waals surface area contributed by atoms with Crippen LogP contribution in [0.3, 0.4) is 0 Å². The standard InChI is InChI=1S/C20H15N3O5S/c1-22(16-11-5-3-9-14(16)19(25)26)20-21-18(24)17(29-20)12-6-8-13-7-2-4-10-15(13)23(27)28/h2-12H,1H3,(H,25,26)/b8-6+,17-12-. The number of thioether (sulfide) groups is 1. The third kappa shape index (κ3) is 4.41. The number of amidine groups is 1. The first-order valence-corrected chi connectivity index (χ1v) is 9.19. The Morgan fingerprint density at radius 2 is 1.90 bits per heavy atom. The lowest BCUT2D eigenvalue weighted by Crippen LogP contribution is -2.24. The monoisotopic (exact) mass is 409 g/mol. The zero-order valence-corrected chi connectivity index (χ0v) is 16.0. The average Bonchev–Trinajstić information content (AvgIpc) is 3.08. The van der Waals surface area contributed by atoms with E-state index in [4.69, 9.17) is 0 Å². The number of benzene rings is 2. The van der Waals surface area contributed by atoms with Gasteiger partial charge in [-0.3, -0.25) is 14.9 Å². The second-order valence-corrected chi connectivity index (χ2v) is 6.90. The number of aromatic carboxylic acids is 1. The van der Waals surface area contributed by atoms with Gasteiger partial charge in [0.25, 0.3) is 11.6 Å². The molecule has 0 bridgehead atoms. The summed E-state index contributed by atoms with van der Waals surface area (Å²) in [4.78, 5) is 40.0. The summed E-state index contributed by atoms with van der Waals surface area (Å²) in [6.45, 7) is 0. The summed E-state index contributed by atoms with van der Waals surface area (Å²) in [6, 6.07) is 12.7. The maximum Gasteiger partial charge on any atom is 0.337 e. The summed E-state index contributed by atoms with van der Waals surface area (Å²) < 4.78 is 0. The van der Waals surface area contributed by atoms with E-state index in [9.17, 15) is 24.8 Å². The van der Waals surface area contributed by atoms with Crippen LogP contribution in [0.4, 0.5) is 11.4 Å². The van der Waals surface area contributed by atoms with Crippen LogP contribution in [0.25, 0.3) is 6.08 Å². The topological polar surface area (TPSA) is 113 Å². The molecule has 0 spiro atoms. The molecule has 2 aromatic carbocycles. The van der Waals surface area contributed by atoms with Crippen molar-refractivity contribution in [1.29, 1.82) is 0 Å². The molecule has 1 N–H and O–H groups in total. The van der Waals surface area contributed by atoms with E-state index in [1.54, 1.807) is 60.5 Å². The fourth-order valence-corrected chi connectivity index (χ4v) is 3.48. The molecule has 9 heteroatoms. The molecule has 8 nitrogen and oxygen atoms in total. The summed E-state index contributed by atoms with van der Waals surface area (Å²) in [5, 5.41) is 20.7. The summed E-state index contributed by atoms with van der Waals surface area (Å²) in [5.41, 5.74) is 0.892. The summed E-state index contributed by atoms with van der Waals surface area (Å²) in [7, 11) is 1.63. The molecule has 1 aliphatic heterocycles. The number of aliphatic imine (C=N–C) groups is 1. The summed E-state index contributed by atoms with van der Waals surface area (Å²) >= 11 is 1.10. The van der Waals surface area contributed by atoms with Crippen LogP contribution < -0.4 is 4.90 Å². The number of nitrogens with zero attached hydrogens (tertiary/aromatic N) is 3. The number of nitro groups is 1. The molecule has 1 heterocycles. The highest BCUT2D eigenvalue weighted by molar-refractivity contribution is 8.18. The molecule has 29 heavy (non-hydrogen) atoms. The Labute approximate surface area is 170 Å². The zero-order chi connectivity index (χ0) is 21.0. The van der Waals surface area contributed by atoms with Crippen LogP contribution in [0, 0.1) is 10.1 Å². The third-order valence-corrected chi connectivity index (χ3v) is 5.13. The molecule has 3 rings (SSSR count). The van der Waals surface area contributed by atoms with Gasteiger partial charge in [-0.1, -0.05) is 30.3 Å². The highest BCUT2D eigenvalue weighted by Gasteiger charge is 2.26. The van der Waals surface area contributed by atoms with Crippen LogP contribution in [0.5, 0.6) is 0 Å². The van der Waals surface area contributed by atoms with Crippen LogP contribution in [0.2, 0.25) is 0 Å². The summed E-state index contributed by atoms with van der Waals surface area (Å²) in [6.07, 6.45) is 4.61. The molecular weight excluding hydrogens is 394 g/mol. The number of hydrogen-bond acceptors (Lipinski definition) is 6. The van der Waals surface area contributed by atoms with Crippen LogP contribution in [-0.2, 0) is 4.79 Å². The molecule has 2 aromatic rings. The van der Waals surface area contributed by atoms with E-state index in [1.165, 1.54) is 18.2 Å². The molecule has 0 radical (unpaired) electrons. The number of para-hydroxylation sites is 2. The Bertz CT molecular complexity index is 1090. The van der Waals surface area contributed by atoms with E-state index in [1.807, 2.05) is 0 Å². The lowest BCUT2D eigenvalue weighted by molar-refractivity contribution is -0.385. The Balaban J connectivity index is 1.79. The number of amides is 1. The van der Waals surface area contributed by atoms with Gasteiger partial charge in [0.2, 0.25) is 0 Å².